The number of hydrogen-bond donors (Lipinski definition) is 3. The smallest absolute Gasteiger partial charge is 0.243 e. The minimum absolute atomic E-state index is 0.170. The van der Waals surface area contributed by atoms with E-state index in [1.807, 2.05) is 6.92 Å². The number of hydrogen-bond acceptors (Lipinski definition) is 7. The normalized spacial score (nSPS) is 19.9. The molecule has 2 atom stereocenters. The largest absolute Gasteiger partial charge is 0.490 e. The molecule has 2 heterocycles. The lowest BCUT2D eigenvalue weighted by Gasteiger charge is -2.28. The van der Waals surface area contributed by atoms with E-state index in [2.05, 4.69) is 20.9 Å². The van der Waals surface area contributed by atoms with E-state index in [1.54, 1.807) is 23.0 Å². The van der Waals surface area contributed by atoms with Crippen molar-refractivity contribution >= 4 is 11.8 Å². The third kappa shape index (κ3) is 6.64. The van der Waals surface area contributed by atoms with Crippen LogP contribution in [0.25, 0.3) is 0 Å². The van der Waals surface area contributed by atoms with E-state index in [0.29, 0.717) is 50.3 Å². The van der Waals surface area contributed by atoms with Gasteiger partial charge < -0.3 is 15.2 Å². The number of ether oxygens (including phenoxy) is 1. The molecular weight excluding hydrogens is 453 g/mol. The van der Waals surface area contributed by atoms with Crippen molar-refractivity contribution in [1.82, 2.24) is 25.6 Å². The predicted octanol–water partition coefficient (Wildman–Crippen LogP) is 2.22. The summed E-state index contributed by atoms with van der Waals surface area (Å²) in [6.07, 6.45) is 7.60. The lowest BCUT2D eigenvalue weighted by atomic mass is 9.90. The van der Waals surface area contributed by atoms with E-state index in [-0.39, 0.29) is 30.2 Å². The molecule has 1 saturated heterocycles. The maximum Gasteiger partial charge on any atom is 0.243 e. The molecule has 35 heavy (non-hydrogen) atoms. The number of aliphatic hydroxyl groups is 1. The molecule has 1 aromatic carbocycles. The van der Waals surface area contributed by atoms with E-state index in [0.717, 1.165) is 31.4 Å². The zero-order valence-corrected chi connectivity index (χ0v) is 20.1. The number of aryl methyl sites for hydroxylation is 1. The number of unbranched alkanes of at least 4 members (excludes halogenated alkanes) is 1. The highest BCUT2D eigenvalue weighted by Crippen LogP contribution is 2.33. The Morgan fingerprint density at radius 1 is 1.29 bits per heavy atom. The van der Waals surface area contributed by atoms with Gasteiger partial charge in [-0.3, -0.25) is 14.9 Å². The minimum atomic E-state index is -1.25. The SMILES string of the molecule is CC[C@@](O)(Cn1nncc1CCCCNC1CCC(=O)NC1=O)c1ccc(F)c(OCC2CC2)c1. The molecule has 1 unspecified atom stereocenters. The molecule has 3 N–H and O–H groups in total. The molecule has 0 spiro atoms. The molecule has 0 radical (unpaired) electrons. The van der Waals surface area contributed by atoms with Gasteiger partial charge >= 0.3 is 0 Å². The summed E-state index contributed by atoms with van der Waals surface area (Å²) >= 11 is 0. The van der Waals surface area contributed by atoms with Crippen molar-refractivity contribution in [3.63, 3.8) is 0 Å². The average molecular weight is 488 g/mol. The van der Waals surface area contributed by atoms with Gasteiger partial charge in [0, 0.05) is 6.42 Å². The quantitative estimate of drug-likeness (QED) is 0.293. The number of imide groups is 1. The predicted molar refractivity (Wildman–Crippen MR) is 126 cm³/mol. The summed E-state index contributed by atoms with van der Waals surface area (Å²) in [6, 6.07) is 4.21. The van der Waals surface area contributed by atoms with E-state index >= 15 is 0 Å². The second-order valence-corrected chi connectivity index (χ2v) is 9.58. The minimum Gasteiger partial charge on any atom is -0.490 e. The van der Waals surface area contributed by atoms with Crippen molar-refractivity contribution in [1.29, 1.82) is 0 Å². The van der Waals surface area contributed by atoms with Gasteiger partial charge in [-0.1, -0.05) is 18.2 Å². The van der Waals surface area contributed by atoms with Crippen molar-refractivity contribution in [3.05, 3.63) is 41.5 Å². The van der Waals surface area contributed by atoms with Crippen molar-refractivity contribution in [2.45, 2.75) is 76.5 Å². The van der Waals surface area contributed by atoms with Gasteiger partial charge in [-0.25, -0.2) is 9.07 Å². The highest BCUT2D eigenvalue weighted by atomic mass is 19.1. The molecule has 9 nitrogen and oxygen atoms in total. The molecule has 10 heteroatoms. The molecule has 190 valence electrons. The standard InChI is InChI=1S/C25H34FN5O4/c1-2-25(34,18-8-9-20(26)22(13-18)35-15-17-6-7-17)16-31-19(14-28-30-31)5-3-4-12-27-21-10-11-23(32)29-24(21)33/h8-9,13-14,17,21,27,34H,2-7,10-12,15-16H2,1H3,(H,29,32,33)/t21?,25-/m1/s1. The Labute approximate surface area is 204 Å². The zero-order valence-electron chi connectivity index (χ0n) is 20.1. The van der Waals surface area contributed by atoms with E-state index in [9.17, 15) is 19.1 Å². The number of carbonyl (C=O) groups is 2. The van der Waals surface area contributed by atoms with Gasteiger partial charge in [-0.05, 0) is 75.1 Å². The first-order valence-electron chi connectivity index (χ1n) is 12.5. The molecule has 2 fully saturated rings. The summed E-state index contributed by atoms with van der Waals surface area (Å²) in [4.78, 5) is 23.1. The fraction of sp³-hybridized carbons (Fsp3) is 0.600. The third-order valence-corrected chi connectivity index (χ3v) is 6.82. The Hall–Kier alpha value is -2.85. The fourth-order valence-electron chi connectivity index (χ4n) is 4.25. The molecule has 2 amide bonds. The van der Waals surface area contributed by atoms with Gasteiger partial charge in [0.25, 0.3) is 0 Å². The summed E-state index contributed by atoms with van der Waals surface area (Å²) in [7, 11) is 0. The van der Waals surface area contributed by atoms with Gasteiger partial charge in [0.15, 0.2) is 11.6 Å². The molecule has 4 rings (SSSR count). The van der Waals surface area contributed by atoms with Crippen LogP contribution in [-0.2, 0) is 28.2 Å². The van der Waals surface area contributed by atoms with Crippen LogP contribution in [0.3, 0.4) is 0 Å². The maximum absolute atomic E-state index is 14.3. The first-order chi connectivity index (χ1) is 16.9. The van der Waals surface area contributed by atoms with Crippen molar-refractivity contribution in [2.75, 3.05) is 13.2 Å². The summed E-state index contributed by atoms with van der Waals surface area (Å²) in [5.74, 6) is -0.239. The van der Waals surface area contributed by atoms with Crippen LogP contribution in [-0.4, -0.2) is 51.1 Å². The van der Waals surface area contributed by atoms with Crippen LogP contribution in [0.1, 0.15) is 63.1 Å². The first kappa shape index (κ1) is 25.2. The van der Waals surface area contributed by atoms with Crippen LogP contribution < -0.4 is 15.4 Å². The second kappa shape index (κ2) is 11.3. The Morgan fingerprint density at radius 2 is 2.11 bits per heavy atom. The van der Waals surface area contributed by atoms with Gasteiger partial charge in [0.2, 0.25) is 11.8 Å². The second-order valence-electron chi connectivity index (χ2n) is 9.58. The molecule has 1 aromatic heterocycles. The van der Waals surface area contributed by atoms with Crippen LogP contribution in [0.4, 0.5) is 4.39 Å². The molecule has 2 aromatic rings. The maximum atomic E-state index is 14.3. The molecule has 1 aliphatic carbocycles. The first-order valence-corrected chi connectivity index (χ1v) is 12.5. The Bertz CT molecular complexity index is 1040. The Balaban J connectivity index is 1.31. The number of halogens is 1. The van der Waals surface area contributed by atoms with Crippen LogP contribution >= 0.6 is 0 Å². The van der Waals surface area contributed by atoms with Gasteiger partial charge in [-0.15, -0.1) is 5.10 Å². The van der Waals surface area contributed by atoms with Crippen LogP contribution in [0.15, 0.2) is 24.4 Å². The number of carbonyl (C=O) groups excluding carboxylic acids is 2. The van der Waals surface area contributed by atoms with Gasteiger partial charge in [0.1, 0.15) is 5.60 Å². The number of benzene rings is 1. The number of aromatic nitrogens is 3. The number of nitrogens with zero attached hydrogens (tertiary/aromatic N) is 3. The Morgan fingerprint density at radius 3 is 2.86 bits per heavy atom. The molecule has 2 aliphatic rings. The molecule has 1 saturated carbocycles. The van der Waals surface area contributed by atoms with E-state index in [4.69, 9.17) is 4.74 Å². The van der Waals surface area contributed by atoms with Gasteiger partial charge in [-0.2, -0.15) is 0 Å². The summed E-state index contributed by atoms with van der Waals surface area (Å²) in [5, 5.41) is 25.2. The van der Waals surface area contributed by atoms with Crippen molar-refractivity contribution in [3.8, 4) is 5.75 Å². The number of nitrogens with one attached hydrogen (secondary N) is 2. The van der Waals surface area contributed by atoms with E-state index in [1.165, 1.54) is 6.07 Å². The van der Waals surface area contributed by atoms with E-state index < -0.39 is 11.4 Å². The van der Waals surface area contributed by atoms with Crippen LogP contribution in [0, 0.1) is 11.7 Å². The highest BCUT2D eigenvalue weighted by Gasteiger charge is 2.31. The fourth-order valence-corrected chi connectivity index (χ4v) is 4.25. The summed E-state index contributed by atoms with van der Waals surface area (Å²) < 4.78 is 21.6. The molecular formula is C25H34FN5O4. The monoisotopic (exact) mass is 487 g/mol. The van der Waals surface area contributed by atoms with Gasteiger partial charge in [0.05, 0.1) is 31.1 Å². The number of amides is 2. The van der Waals surface area contributed by atoms with Crippen molar-refractivity contribution in [2.24, 2.45) is 5.92 Å². The lowest BCUT2D eigenvalue weighted by molar-refractivity contribution is -0.134. The topological polar surface area (TPSA) is 118 Å². The van der Waals surface area contributed by atoms with Crippen LogP contribution in [0.5, 0.6) is 5.75 Å². The Kier molecular flexibility index (Phi) is 8.12. The van der Waals surface area contributed by atoms with Crippen molar-refractivity contribution < 1.29 is 23.8 Å². The summed E-state index contributed by atoms with van der Waals surface area (Å²) in [5.41, 5.74) is 0.230. The molecule has 0 bridgehead atoms. The number of piperidine rings is 1. The van der Waals surface area contributed by atoms with Crippen LogP contribution in [0.2, 0.25) is 0 Å². The lowest BCUT2D eigenvalue weighted by Crippen LogP contribution is -2.50. The third-order valence-electron chi connectivity index (χ3n) is 6.82. The average Bonchev–Trinajstić information content (AvgIpc) is 3.58. The number of rotatable bonds is 13. The molecule has 1 aliphatic heterocycles. The zero-order chi connectivity index (χ0) is 24.8. The highest BCUT2D eigenvalue weighted by molar-refractivity contribution is 6.00. The summed E-state index contributed by atoms with van der Waals surface area (Å²) in [6.45, 7) is 3.23.